The van der Waals surface area contributed by atoms with E-state index < -0.39 is 148 Å². The van der Waals surface area contributed by atoms with E-state index >= 15 is 0 Å². The maximum absolute atomic E-state index is 12.0. The summed E-state index contributed by atoms with van der Waals surface area (Å²) in [5.41, 5.74) is 0. The lowest BCUT2D eigenvalue weighted by Gasteiger charge is -2.49. The van der Waals surface area contributed by atoms with E-state index in [0.717, 1.165) is 39.0 Å². The van der Waals surface area contributed by atoms with Crippen LogP contribution in [-0.4, -0.2) is 211 Å². The molecular formula is C34H61NO20. The van der Waals surface area contributed by atoms with E-state index in [2.05, 4.69) is 12.2 Å². The summed E-state index contributed by atoms with van der Waals surface area (Å²) in [4.78, 5) is 12.0. The molecule has 0 aromatic heterocycles. The Morgan fingerprint density at radius 3 is 1.76 bits per heavy atom. The molecule has 0 aromatic rings. The predicted molar refractivity (Wildman–Crippen MR) is 181 cm³/mol. The van der Waals surface area contributed by atoms with Crippen molar-refractivity contribution < 1.29 is 98.9 Å². The van der Waals surface area contributed by atoms with Crippen LogP contribution in [0.4, 0.5) is 0 Å². The van der Waals surface area contributed by atoms with Crippen molar-refractivity contribution in [2.24, 2.45) is 0 Å². The molecule has 0 saturated carbocycles. The largest absolute Gasteiger partial charge is 0.394 e. The fourth-order valence-electron chi connectivity index (χ4n) is 6.97. The van der Waals surface area contributed by atoms with Gasteiger partial charge < -0.3 is 99.4 Å². The van der Waals surface area contributed by atoms with Gasteiger partial charge in [-0.15, -0.1) is 0 Å². The number of hydrogen-bond acceptors (Lipinski definition) is 20. The first-order chi connectivity index (χ1) is 26.1. The SMILES string of the molecule is CCCCCCCCO[C@@H]1O[C@H](CO[C@H]2O[C@H](CO)[C@@H](O)[C@H](O)[C@@H]2O)[C@@H](O)[C@H](O[C@H]2O[C@H](C)[C@@H](O)[C@H](O)[C@@H]2O[C@@H]2O[C@H](CO)[C@@H](O)[C@H](O)[C@H]2NC(C)=O)[C@@H]1O. The van der Waals surface area contributed by atoms with Crippen LogP contribution in [-0.2, 0) is 42.7 Å². The molecule has 0 aliphatic carbocycles. The fraction of sp³-hybridized carbons (Fsp3) is 0.971. The van der Waals surface area contributed by atoms with Crippen LogP contribution in [0.15, 0.2) is 0 Å². The maximum Gasteiger partial charge on any atom is 0.217 e. The molecule has 4 heterocycles. The van der Waals surface area contributed by atoms with Gasteiger partial charge in [0.2, 0.25) is 5.91 Å². The van der Waals surface area contributed by atoms with Gasteiger partial charge in [-0.25, -0.2) is 0 Å². The number of carbonyl (C=O) groups is 1. The number of aliphatic hydroxyl groups is 11. The van der Waals surface area contributed by atoms with Gasteiger partial charge in [0.1, 0.15) is 91.5 Å². The van der Waals surface area contributed by atoms with E-state index in [1.54, 1.807) is 0 Å². The molecule has 0 bridgehead atoms. The second-order valence-corrected chi connectivity index (χ2v) is 14.5. The molecule has 12 N–H and O–H groups in total. The van der Waals surface area contributed by atoms with E-state index in [1.807, 2.05) is 0 Å². The van der Waals surface area contributed by atoms with Gasteiger partial charge in [0.05, 0.1) is 25.9 Å². The van der Waals surface area contributed by atoms with Gasteiger partial charge in [-0.2, -0.15) is 0 Å². The molecule has 4 aliphatic heterocycles. The Labute approximate surface area is 318 Å². The Kier molecular flexibility index (Phi) is 18.3. The van der Waals surface area contributed by atoms with E-state index in [-0.39, 0.29) is 6.61 Å². The van der Waals surface area contributed by atoms with Crippen LogP contribution >= 0.6 is 0 Å². The third-order valence-electron chi connectivity index (χ3n) is 10.3. The maximum atomic E-state index is 12.0. The van der Waals surface area contributed by atoms with Gasteiger partial charge in [-0.05, 0) is 13.3 Å². The third-order valence-corrected chi connectivity index (χ3v) is 10.3. The number of amides is 1. The van der Waals surface area contributed by atoms with Crippen LogP contribution in [0, 0.1) is 0 Å². The van der Waals surface area contributed by atoms with Crippen molar-refractivity contribution in [2.75, 3.05) is 26.4 Å². The summed E-state index contributed by atoms with van der Waals surface area (Å²) in [5, 5.41) is 119. The van der Waals surface area contributed by atoms with Crippen LogP contribution < -0.4 is 5.32 Å². The highest BCUT2D eigenvalue weighted by Crippen LogP contribution is 2.34. The van der Waals surface area contributed by atoms with Gasteiger partial charge in [0.15, 0.2) is 25.2 Å². The number of rotatable bonds is 18. The Bertz CT molecular complexity index is 1140. The third kappa shape index (κ3) is 11.5. The highest BCUT2D eigenvalue weighted by atomic mass is 16.8. The molecule has 4 rings (SSSR count). The molecule has 4 saturated heterocycles. The summed E-state index contributed by atoms with van der Waals surface area (Å²) < 4.78 is 46.3. The minimum atomic E-state index is -1.80. The lowest BCUT2D eigenvalue weighted by Crippen LogP contribution is -2.68. The van der Waals surface area contributed by atoms with E-state index in [0.29, 0.717) is 6.42 Å². The van der Waals surface area contributed by atoms with E-state index in [9.17, 15) is 61.0 Å². The molecule has 0 aromatic carbocycles. The van der Waals surface area contributed by atoms with Crippen LogP contribution in [0.2, 0.25) is 0 Å². The van der Waals surface area contributed by atoms with Gasteiger partial charge in [0, 0.05) is 13.5 Å². The standard InChI is InChI=1S/C34H61NO20/c1-4-5-6-7-8-9-10-48-33-28(47)29(23(42)18(53-33)13-49-32-27(46)25(44)22(41)17(12-37)52-32)54-34-30(26(45)20(39)14(2)50-34)55-31-19(35-15(3)38)24(43)21(40)16(11-36)51-31/h14,16-34,36-37,39-47H,4-13H2,1-3H3,(H,35,38)/t14-,16-,17-,18-,19-,20-,21-,22-,23-,24-,25+,26+,27+,28+,29+,30+,31+,32+,33-,34-/m1/s1. The van der Waals surface area contributed by atoms with Crippen LogP contribution in [0.1, 0.15) is 59.3 Å². The molecule has 4 aliphatic rings. The molecular weight excluding hydrogens is 742 g/mol. The van der Waals surface area contributed by atoms with Crippen molar-refractivity contribution in [1.82, 2.24) is 5.32 Å². The Morgan fingerprint density at radius 1 is 0.564 bits per heavy atom. The monoisotopic (exact) mass is 803 g/mol. The summed E-state index contributed by atoms with van der Waals surface area (Å²) in [5.74, 6) is -0.657. The number of carbonyl (C=O) groups excluding carboxylic acids is 1. The summed E-state index contributed by atoms with van der Waals surface area (Å²) >= 11 is 0. The van der Waals surface area contributed by atoms with Crippen LogP contribution in [0.3, 0.4) is 0 Å². The Hall–Kier alpha value is -1.29. The van der Waals surface area contributed by atoms with Crippen molar-refractivity contribution >= 4 is 5.91 Å². The zero-order valence-electron chi connectivity index (χ0n) is 31.2. The first kappa shape index (κ1) is 46.4. The number of aliphatic hydroxyl groups excluding tert-OH is 11. The lowest BCUT2D eigenvalue weighted by atomic mass is 9.95. The zero-order chi connectivity index (χ0) is 40.6. The van der Waals surface area contributed by atoms with Gasteiger partial charge in [-0.1, -0.05) is 39.0 Å². The average Bonchev–Trinajstić information content (AvgIpc) is 3.16. The molecule has 20 atom stereocenters. The van der Waals surface area contributed by atoms with Crippen LogP contribution in [0.5, 0.6) is 0 Å². The first-order valence-corrected chi connectivity index (χ1v) is 18.9. The summed E-state index contributed by atoms with van der Waals surface area (Å²) in [6.07, 6.45) is -24.9. The van der Waals surface area contributed by atoms with E-state index in [1.165, 1.54) is 6.92 Å². The number of ether oxygens (including phenoxy) is 8. The van der Waals surface area contributed by atoms with Crippen molar-refractivity contribution in [2.45, 2.75) is 182 Å². The summed E-state index contributed by atoms with van der Waals surface area (Å²) in [6.45, 7) is 2.69. The number of unbranched alkanes of at least 4 members (excludes halogenated alkanes) is 5. The summed E-state index contributed by atoms with van der Waals surface area (Å²) in [7, 11) is 0. The smallest absolute Gasteiger partial charge is 0.217 e. The minimum absolute atomic E-state index is 0.133. The van der Waals surface area contributed by atoms with Gasteiger partial charge in [0.25, 0.3) is 0 Å². The number of nitrogens with one attached hydrogen (secondary N) is 1. The van der Waals surface area contributed by atoms with Gasteiger partial charge in [-0.3, -0.25) is 4.79 Å². The Morgan fingerprint density at radius 2 is 1.13 bits per heavy atom. The predicted octanol–water partition coefficient (Wildman–Crippen LogP) is -5.19. The van der Waals surface area contributed by atoms with Crippen molar-refractivity contribution in [3.05, 3.63) is 0 Å². The summed E-state index contributed by atoms with van der Waals surface area (Å²) in [6, 6.07) is -1.46. The van der Waals surface area contributed by atoms with Crippen molar-refractivity contribution in [3.63, 3.8) is 0 Å². The van der Waals surface area contributed by atoms with E-state index in [4.69, 9.17) is 37.9 Å². The molecule has 1 amide bonds. The van der Waals surface area contributed by atoms with Crippen LogP contribution in [0.25, 0.3) is 0 Å². The minimum Gasteiger partial charge on any atom is -0.394 e. The molecule has 322 valence electrons. The Balaban J connectivity index is 1.56. The topological polar surface area (TPSA) is 325 Å². The molecule has 21 heteroatoms. The lowest BCUT2D eigenvalue weighted by molar-refractivity contribution is -0.382. The fourth-order valence-corrected chi connectivity index (χ4v) is 6.97. The van der Waals surface area contributed by atoms with Crippen molar-refractivity contribution in [3.8, 4) is 0 Å². The molecule has 21 nitrogen and oxygen atoms in total. The average molecular weight is 804 g/mol. The zero-order valence-corrected chi connectivity index (χ0v) is 31.2. The van der Waals surface area contributed by atoms with Gasteiger partial charge >= 0.3 is 0 Å². The first-order valence-electron chi connectivity index (χ1n) is 18.9. The highest BCUT2D eigenvalue weighted by Gasteiger charge is 2.54. The molecule has 55 heavy (non-hydrogen) atoms. The highest BCUT2D eigenvalue weighted by molar-refractivity contribution is 5.73. The molecule has 4 fully saturated rings. The second-order valence-electron chi connectivity index (χ2n) is 14.5. The molecule has 0 unspecified atom stereocenters. The molecule has 0 radical (unpaired) electrons. The quantitative estimate of drug-likeness (QED) is 0.0576. The van der Waals surface area contributed by atoms with Crippen molar-refractivity contribution in [1.29, 1.82) is 0 Å². The normalized spacial score (nSPS) is 45.3. The molecule has 0 spiro atoms. The second kappa shape index (κ2) is 21.6. The number of hydrogen-bond donors (Lipinski definition) is 12.